The average molecular weight is 307 g/mol. The first-order chi connectivity index (χ1) is 8.65. The van der Waals surface area contributed by atoms with Gasteiger partial charge < -0.3 is 9.84 Å². The summed E-state index contributed by atoms with van der Waals surface area (Å²) < 4.78 is 6.63. The molecule has 1 atom stereocenters. The van der Waals surface area contributed by atoms with Crippen molar-refractivity contribution in [2.24, 2.45) is 0 Å². The third kappa shape index (κ3) is 2.70. The fourth-order valence-electron chi connectivity index (χ4n) is 1.62. The normalized spacial score (nSPS) is 12.9. The first-order valence-electron chi connectivity index (χ1n) is 5.26. The molecular formula is C11H12Cl2N2O2S. The predicted molar refractivity (Wildman–Crippen MR) is 72.5 cm³/mol. The Labute approximate surface area is 119 Å². The van der Waals surface area contributed by atoms with Gasteiger partial charge in [0.15, 0.2) is 0 Å². The Morgan fingerprint density at radius 2 is 2.28 bits per heavy atom. The van der Waals surface area contributed by atoms with Crippen LogP contribution in [0.4, 0.5) is 0 Å². The number of nitrogens with zero attached hydrogens (tertiary/aromatic N) is 2. The van der Waals surface area contributed by atoms with Gasteiger partial charge >= 0.3 is 0 Å². The molecule has 0 aliphatic heterocycles. The quantitative estimate of drug-likeness (QED) is 0.924. The highest BCUT2D eigenvalue weighted by atomic mass is 35.5. The number of halogens is 2. The summed E-state index contributed by atoms with van der Waals surface area (Å²) >= 11 is 13.5. The van der Waals surface area contributed by atoms with E-state index in [1.54, 1.807) is 17.9 Å². The SMILES string of the molecule is COCCn1ncc(Cl)c1C(O)c1sccc1Cl. The second kappa shape index (κ2) is 6.04. The summed E-state index contributed by atoms with van der Waals surface area (Å²) in [5.41, 5.74) is 0.540. The Kier molecular flexibility index (Phi) is 4.64. The van der Waals surface area contributed by atoms with Crippen molar-refractivity contribution >= 4 is 34.5 Å². The van der Waals surface area contributed by atoms with Crippen molar-refractivity contribution in [1.29, 1.82) is 0 Å². The summed E-state index contributed by atoms with van der Waals surface area (Å²) in [6, 6.07) is 1.74. The molecule has 0 amide bonds. The van der Waals surface area contributed by atoms with Gasteiger partial charge in [-0.15, -0.1) is 11.3 Å². The number of aliphatic hydroxyl groups is 1. The monoisotopic (exact) mass is 306 g/mol. The Morgan fingerprint density at radius 3 is 2.89 bits per heavy atom. The zero-order valence-corrected chi connectivity index (χ0v) is 12.0. The summed E-state index contributed by atoms with van der Waals surface area (Å²) in [6.45, 7) is 1.02. The Balaban J connectivity index is 2.32. The lowest BCUT2D eigenvalue weighted by atomic mass is 10.2. The lowest BCUT2D eigenvalue weighted by Gasteiger charge is -2.13. The molecule has 0 aromatic carbocycles. The van der Waals surface area contributed by atoms with E-state index in [9.17, 15) is 5.11 Å². The second-order valence-electron chi connectivity index (χ2n) is 3.63. The van der Waals surface area contributed by atoms with E-state index in [0.717, 1.165) is 0 Å². The van der Waals surface area contributed by atoms with Crippen LogP contribution in [0.5, 0.6) is 0 Å². The Hall–Kier alpha value is -0.590. The number of ether oxygens (including phenoxy) is 1. The van der Waals surface area contributed by atoms with E-state index >= 15 is 0 Å². The molecule has 18 heavy (non-hydrogen) atoms. The van der Waals surface area contributed by atoms with E-state index in [-0.39, 0.29) is 0 Å². The van der Waals surface area contributed by atoms with Gasteiger partial charge in [-0.2, -0.15) is 5.10 Å². The smallest absolute Gasteiger partial charge is 0.133 e. The summed E-state index contributed by atoms with van der Waals surface area (Å²) in [5, 5.41) is 17.2. The fourth-order valence-corrected chi connectivity index (χ4v) is 3.02. The molecule has 0 saturated heterocycles. The van der Waals surface area contributed by atoms with Crippen LogP contribution >= 0.6 is 34.5 Å². The molecule has 4 nitrogen and oxygen atoms in total. The molecule has 0 bridgehead atoms. The lowest BCUT2D eigenvalue weighted by molar-refractivity contribution is 0.172. The van der Waals surface area contributed by atoms with Crippen molar-refractivity contribution < 1.29 is 9.84 Å². The zero-order valence-electron chi connectivity index (χ0n) is 9.64. The van der Waals surface area contributed by atoms with Gasteiger partial charge in [-0.25, -0.2) is 0 Å². The first-order valence-corrected chi connectivity index (χ1v) is 6.89. The van der Waals surface area contributed by atoms with Crippen LogP contribution in [0.25, 0.3) is 0 Å². The van der Waals surface area contributed by atoms with Gasteiger partial charge in [0.1, 0.15) is 6.10 Å². The number of rotatable bonds is 5. The first kappa shape index (κ1) is 13.8. The maximum Gasteiger partial charge on any atom is 0.133 e. The van der Waals surface area contributed by atoms with E-state index in [2.05, 4.69) is 5.10 Å². The summed E-state index contributed by atoms with van der Waals surface area (Å²) in [6.07, 6.45) is 0.640. The van der Waals surface area contributed by atoms with Gasteiger partial charge in [-0.1, -0.05) is 23.2 Å². The van der Waals surface area contributed by atoms with Gasteiger partial charge in [0.25, 0.3) is 0 Å². The molecule has 2 rings (SSSR count). The largest absolute Gasteiger partial charge is 0.383 e. The van der Waals surface area contributed by atoms with Crippen LogP contribution in [0.15, 0.2) is 17.6 Å². The maximum absolute atomic E-state index is 10.4. The molecule has 1 N–H and O–H groups in total. The van der Waals surface area contributed by atoms with Crippen molar-refractivity contribution in [3.8, 4) is 0 Å². The van der Waals surface area contributed by atoms with Crippen LogP contribution in [-0.4, -0.2) is 28.6 Å². The molecule has 0 aliphatic carbocycles. The zero-order chi connectivity index (χ0) is 13.1. The fraction of sp³-hybridized carbons (Fsp3) is 0.364. The third-order valence-corrected chi connectivity index (χ3v) is 4.19. The molecule has 1 unspecified atom stereocenters. The van der Waals surface area contributed by atoms with Crippen molar-refractivity contribution in [2.75, 3.05) is 13.7 Å². The highest BCUT2D eigenvalue weighted by Gasteiger charge is 2.22. The van der Waals surface area contributed by atoms with Crippen LogP contribution in [0.1, 0.15) is 16.7 Å². The molecule has 2 aromatic heterocycles. The van der Waals surface area contributed by atoms with Crippen LogP contribution in [0, 0.1) is 0 Å². The van der Waals surface area contributed by atoms with Gasteiger partial charge in [0, 0.05) is 7.11 Å². The molecule has 2 aromatic rings. The third-order valence-electron chi connectivity index (χ3n) is 2.49. The molecule has 98 valence electrons. The number of aliphatic hydroxyl groups excluding tert-OH is 1. The van der Waals surface area contributed by atoms with Gasteiger partial charge in [-0.3, -0.25) is 4.68 Å². The molecule has 0 fully saturated rings. The van der Waals surface area contributed by atoms with Crippen molar-refractivity contribution in [3.05, 3.63) is 38.3 Å². The molecule has 0 spiro atoms. The van der Waals surface area contributed by atoms with E-state index < -0.39 is 6.10 Å². The highest BCUT2D eigenvalue weighted by molar-refractivity contribution is 7.10. The number of methoxy groups -OCH3 is 1. The molecule has 2 heterocycles. The second-order valence-corrected chi connectivity index (χ2v) is 5.39. The molecule has 0 saturated carbocycles. The number of hydrogen-bond acceptors (Lipinski definition) is 4. The van der Waals surface area contributed by atoms with Crippen LogP contribution < -0.4 is 0 Å². The minimum atomic E-state index is -0.871. The number of thiophene rings is 1. The van der Waals surface area contributed by atoms with Crippen molar-refractivity contribution in [2.45, 2.75) is 12.6 Å². The molecule has 0 radical (unpaired) electrons. The molecule has 0 aliphatic rings. The van der Waals surface area contributed by atoms with Crippen LogP contribution in [0.3, 0.4) is 0 Å². The topological polar surface area (TPSA) is 47.3 Å². The highest BCUT2D eigenvalue weighted by Crippen LogP contribution is 2.35. The summed E-state index contributed by atoms with van der Waals surface area (Å²) in [7, 11) is 1.61. The average Bonchev–Trinajstić information content (AvgIpc) is 2.92. The minimum Gasteiger partial charge on any atom is -0.383 e. The predicted octanol–water partition coefficient (Wildman–Crippen LogP) is 2.98. The van der Waals surface area contributed by atoms with E-state index in [1.807, 2.05) is 5.38 Å². The van der Waals surface area contributed by atoms with E-state index in [1.165, 1.54) is 17.5 Å². The van der Waals surface area contributed by atoms with E-state index in [4.69, 9.17) is 27.9 Å². The van der Waals surface area contributed by atoms with Gasteiger partial charge in [0.05, 0.1) is 40.0 Å². The van der Waals surface area contributed by atoms with Gasteiger partial charge in [0.2, 0.25) is 0 Å². The summed E-state index contributed by atoms with van der Waals surface area (Å²) in [5.74, 6) is 0. The van der Waals surface area contributed by atoms with Crippen LogP contribution in [-0.2, 0) is 11.3 Å². The molecule has 7 heteroatoms. The number of hydrogen-bond donors (Lipinski definition) is 1. The lowest BCUT2D eigenvalue weighted by Crippen LogP contribution is -2.13. The number of aromatic nitrogens is 2. The summed E-state index contributed by atoms with van der Waals surface area (Å²) in [4.78, 5) is 0.665. The van der Waals surface area contributed by atoms with Crippen molar-refractivity contribution in [1.82, 2.24) is 9.78 Å². The minimum absolute atomic E-state index is 0.420. The Bertz CT molecular complexity index is 527. The van der Waals surface area contributed by atoms with Crippen molar-refractivity contribution in [3.63, 3.8) is 0 Å². The Morgan fingerprint density at radius 1 is 1.50 bits per heavy atom. The molecular weight excluding hydrogens is 295 g/mol. The van der Waals surface area contributed by atoms with E-state index in [0.29, 0.717) is 33.8 Å². The van der Waals surface area contributed by atoms with Gasteiger partial charge in [-0.05, 0) is 11.4 Å². The maximum atomic E-state index is 10.4. The van der Waals surface area contributed by atoms with Crippen LogP contribution in [0.2, 0.25) is 10.0 Å². The standard InChI is InChI=1S/C11H12Cl2N2O2S/c1-17-4-3-15-9(8(13)6-14-15)10(16)11-7(12)2-5-18-11/h2,5-6,10,16H,3-4H2,1H3.